The summed E-state index contributed by atoms with van der Waals surface area (Å²) >= 11 is 1.55. The minimum absolute atomic E-state index is 0.198. The third kappa shape index (κ3) is 4.22. The van der Waals surface area contributed by atoms with Crippen LogP contribution in [-0.4, -0.2) is 45.0 Å². The van der Waals surface area contributed by atoms with Gasteiger partial charge in [0.15, 0.2) is 9.84 Å². The molecule has 0 unspecified atom stereocenters. The van der Waals surface area contributed by atoms with Gasteiger partial charge in [0.1, 0.15) is 5.75 Å². The second kappa shape index (κ2) is 8.18. The van der Waals surface area contributed by atoms with E-state index in [0.29, 0.717) is 17.4 Å². The molecule has 29 heavy (non-hydrogen) atoms. The molecule has 0 aliphatic rings. The molecule has 0 saturated heterocycles. The van der Waals surface area contributed by atoms with Crippen molar-refractivity contribution in [2.45, 2.75) is 11.8 Å². The number of nitrogens with zero attached hydrogens (tertiary/aromatic N) is 3. The number of aliphatic imine (C=N–C) groups is 1. The third-order valence-corrected chi connectivity index (χ3v) is 6.32. The summed E-state index contributed by atoms with van der Waals surface area (Å²) < 4.78 is 30.2. The Balaban J connectivity index is 2.17. The fraction of sp³-hybridized carbons (Fsp3) is 0.211. The molecule has 3 aromatic rings. The molecule has 0 bridgehead atoms. The van der Waals surface area contributed by atoms with Crippen LogP contribution < -0.4 is 15.8 Å². The maximum absolute atomic E-state index is 11.9. The van der Waals surface area contributed by atoms with E-state index in [9.17, 15) is 8.42 Å². The predicted octanol–water partition coefficient (Wildman–Crippen LogP) is 2.99. The van der Waals surface area contributed by atoms with E-state index < -0.39 is 9.84 Å². The van der Waals surface area contributed by atoms with E-state index in [0.717, 1.165) is 26.2 Å². The van der Waals surface area contributed by atoms with Crippen LogP contribution in [0.4, 0.5) is 5.95 Å². The average Bonchev–Trinajstić information content (AvgIpc) is 3.01. The number of allylic oxidation sites excluding steroid dienone is 1. The van der Waals surface area contributed by atoms with E-state index in [-0.39, 0.29) is 4.90 Å². The van der Waals surface area contributed by atoms with Crippen molar-refractivity contribution in [3.8, 4) is 16.9 Å². The van der Waals surface area contributed by atoms with Crippen molar-refractivity contribution in [1.29, 1.82) is 0 Å². The number of ether oxygens (including phenoxy) is 1. The van der Waals surface area contributed by atoms with Gasteiger partial charge in [0, 0.05) is 41.7 Å². The van der Waals surface area contributed by atoms with Gasteiger partial charge in [0.25, 0.3) is 0 Å². The minimum atomic E-state index is -3.35. The van der Waals surface area contributed by atoms with Gasteiger partial charge in [-0.3, -0.25) is 4.99 Å². The second-order valence-electron chi connectivity index (χ2n) is 6.21. The lowest BCUT2D eigenvalue weighted by Crippen LogP contribution is -2.06. The summed E-state index contributed by atoms with van der Waals surface area (Å²) in [5.74, 6) is 0.837. The summed E-state index contributed by atoms with van der Waals surface area (Å²) in [4.78, 5) is 14.1. The molecule has 8 nitrogen and oxygen atoms in total. The van der Waals surface area contributed by atoms with Crippen LogP contribution in [0.5, 0.6) is 5.75 Å². The molecular weight excluding hydrogens is 410 g/mol. The van der Waals surface area contributed by atoms with Gasteiger partial charge in [-0.05, 0) is 25.1 Å². The van der Waals surface area contributed by atoms with Gasteiger partial charge < -0.3 is 15.8 Å². The first-order valence-corrected chi connectivity index (χ1v) is 11.2. The van der Waals surface area contributed by atoms with Crippen LogP contribution in [0.2, 0.25) is 0 Å². The summed E-state index contributed by atoms with van der Waals surface area (Å²) in [7, 11) is -0.192. The summed E-state index contributed by atoms with van der Waals surface area (Å²) in [6.07, 6.45) is 5.86. The quantitative estimate of drug-likeness (QED) is 0.576. The molecule has 0 aliphatic carbocycles. The Kier molecular flexibility index (Phi) is 5.85. The number of aryl methyl sites for hydroxylation is 1. The van der Waals surface area contributed by atoms with Crippen LogP contribution in [0, 0.1) is 6.92 Å². The lowest BCUT2D eigenvalue weighted by Gasteiger charge is -2.11. The number of sulfone groups is 1. The Morgan fingerprint density at radius 1 is 1.38 bits per heavy atom. The topological polar surface area (TPSA) is 120 Å². The number of nitrogens with two attached hydrogens (primary N) is 1. The molecule has 3 N–H and O–H groups in total. The Morgan fingerprint density at radius 3 is 2.76 bits per heavy atom. The van der Waals surface area contributed by atoms with Crippen molar-refractivity contribution in [3.63, 3.8) is 0 Å². The second-order valence-corrected chi connectivity index (χ2v) is 9.48. The number of benzene rings is 1. The van der Waals surface area contributed by atoms with Crippen LogP contribution >= 0.6 is 11.3 Å². The Morgan fingerprint density at radius 2 is 2.14 bits per heavy atom. The highest BCUT2D eigenvalue weighted by Crippen LogP contribution is 2.42. The number of hydrogen-bond acceptors (Lipinski definition) is 9. The van der Waals surface area contributed by atoms with Crippen molar-refractivity contribution in [2.24, 2.45) is 10.7 Å². The lowest BCUT2D eigenvalue weighted by molar-refractivity contribution is 0.415. The van der Waals surface area contributed by atoms with Crippen LogP contribution in [0.1, 0.15) is 4.88 Å². The lowest BCUT2D eigenvalue weighted by atomic mass is 10.0. The first-order valence-electron chi connectivity index (χ1n) is 8.54. The zero-order valence-electron chi connectivity index (χ0n) is 16.4. The summed E-state index contributed by atoms with van der Waals surface area (Å²) in [5.41, 5.74) is 8.53. The van der Waals surface area contributed by atoms with E-state index in [4.69, 9.17) is 10.5 Å². The molecule has 0 aliphatic heterocycles. The summed E-state index contributed by atoms with van der Waals surface area (Å²) in [5, 5.41) is 3.03. The molecule has 10 heteroatoms. The zero-order chi connectivity index (χ0) is 21.2. The summed E-state index contributed by atoms with van der Waals surface area (Å²) in [6, 6.07) is 4.85. The van der Waals surface area contributed by atoms with Gasteiger partial charge in [-0.1, -0.05) is 0 Å². The number of nitrogens with one attached hydrogen (secondary N) is 1. The number of aromatic nitrogens is 2. The molecule has 0 amide bonds. The van der Waals surface area contributed by atoms with Gasteiger partial charge in [-0.15, -0.1) is 11.3 Å². The highest BCUT2D eigenvalue weighted by atomic mass is 32.2. The molecule has 0 radical (unpaired) electrons. The molecule has 2 aromatic heterocycles. The normalized spacial score (nSPS) is 12.6. The fourth-order valence-electron chi connectivity index (χ4n) is 2.88. The molecule has 152 valence electrons. The van der Waals surface area contributed by atoms with Crippen molar-refractivity contribution in [1.82, 2.24) is 9.97 Å². The number of methoxy groups -OCH3 is 1. The number of thiophene rings is 1. The van der Waals surface area contributed by atoms with Gasteiger partial charge in [0.2, 0.25) is 5.95 Å². The van der Waals surface area contributed by atoms with Crippen molar-refractivity contribution >= 4 is 43.6 Å². The van der Waals surface area contributed by atoms with Crippen molar-refractivity contribution in [3.05, 3.63) is 41.2 Å². The van der Waals surface area contributed by atoms with E-state index in [1.807, 2.05) is 6.92 Å². The smallest absolute Gasteiger partial charge is 0.227 e. The largest absolute Gasteiger partial charge is 0.496 e. The SMILES string of the molecule is CN=CC(=CN)Nc1ncc2sc(C)c(-c3ccc(S(C)(=O)=O)cc3OC)c2n1. The first kappa shape index (κ1) is 20.7. The van der Waals surface area contributed by atoms with Gasteiger partial charge in [-0.2, -0.15) is 0 Å². The van der Waals surface area contributed by atoms with E-state index in [2.05, 4.69) is 20.3 Å². The first-order chi connectivity index (χ1) is 13.8. The predicted molar refractivity (Wildman–Crippen MR) is 118 cm³/mol. The molecule has 3 rings (SSSR count). The number of hydrogen-bond donors (Lipinski definition) is 2. The van der Waals surface area contributed by atoms with Gasteiger partial charge in [0.05, 0.1) is 34.1 Å². The fourth-order valence-corrected chi connectivity index (χ4v) is 4.50. The number of fused-ring (bicyclic) bond motifs is 1. The number of rotatable bonds is 6. The molecule has 0 fully saturated rings. The Hall–Kier alpha value is -2.98. The van der Waals surface area contributed by atoms with Crippen LogP contribution in [0.15, 0.2) is 46.2 Å². The average molecular weight is 432 g/mol. The maximum Gasteiger partial charge on any atom is 0.227 e. The van der Waals surface area contributed by atoms with Crippen molar-refractivity contribution < 1.29 is 13.2 Å². The van der Waals surface area contributed by atoms with E-state index in [1.165, 1.54) is 25.6 Å². The standard InChI is InChI=1S/C19H21N5O3S2/c1-11-17(14-6-5-13(29(4,25)26)7-15(14)27-3)18-16(28-11)10-22-19(24-18)23-12(8-20)9-21-2/h5-10H,20H2,1-4H3,(H,22,23,24). The molecule has 0 atom stereocenters. The molecule has 2 heterocycles. The highest BCUT2D eigenvalue weighted by Gasteiger charge is 2.19. The Labute approximate surface area is 173 Å². The maximum atomic E-state index is 11.9. The van der Waals surface area contributed by atoms with Crippen molar-refractivity contribution in [2.75, 3.05) is 25.7 Å². The van der Waals surface area contributed by atoms with E-state index >= 15 is 0 Å². The van der Waals surface area contributed by atoms with Crippen LogP contribution in [0.3, 0.4) is 0 Å². The summed E-state index contributed by atoms with van der Waals surface area (Å²) in [6.45, 7) is 1.98. The van der Waals surface area contributed by atoms with Crippen LogP contribution in [0.25, 0.3) is 21.3 Å². The Bertz CT molecular complexity index is 1230. The molecule has 0 spiro atoms. The van der Waals surface area contributed by atoms with Gasteiger partial charge >= 0.3 is 0 Å². The molecule has 1 aromatic carbocycles. The molecular formula is C19H21N5O3S2. The molecule has 0 saturated carbocycles. The van der Waals surface area contributed by atoms with Gasteiger partial charge in [-0.25, -0.2) is 18.4 Å². The monoisotopic (exact) mass is 431 g/mol. The third-order valence-electron chi connectivity index (χ3n) is 4.18. The zero-order valence-corrected chi connectivity index (χ0v) is 18.1. The highest BCUT2D eigenvalue weighted by molar-refractivity contribution is 7.90. The minimum Gasteiger partial charge on any atom is -0.496 e. The van der Waals surface area contributed by atoms with E-state index in [1.54, 1.807) is 42.9 Å². The van der Waals surface area contributed by atoms with Crippen LogP contribution in [-0.2, 0) is 9.84 Å². The number of anilines is 1.